The third kappa shape index (κ3) is 5.28. The number of carbonyl (C=O) groups is 2. The van der Waals surface area contributed by atoms with E-state index < -0.39 is 10.0 Å². The molecule has 0 saturated carbocycles. The number of sulfonamides is 1. The number of rotatable bonds is 6. The fraction of sp³-hybridized carbons (Fsp3) is 0.412. The summed E-state index contributed by atoms with van der Waals surface area (Å²) in [4.78, 5) is 24.5. The van der Waals surface area contributed by atoms with Gasteiger partial charge in [0.05, 0.1) is 0 Å². The van der Waals surface area contributed by atoms with Gasteiger partial charge in [0.15, 0.2) is 0 Å². The second-order valence-electron chi connectivity index (χ2n) is 5.74. The van der Waals surface area contributed by atoms with Crippen LogP contribution in [0.2, 0.25) is 0 Å². The Morgan fingerprint density at radius 1 is 1.04 bits per heavy atom. The molecule has 24 heavy (non-hydrogen) atoms. The van der Waals surface area contributed by atoms with E-state index >= 15 is 0 Å². The molecule has 1 aromatic carbocycles. The predicted octanol–water partition coefficient (Wildman–Crippen LogP) is 1.50. The quantitative estimate of drug-likeness (QED) is 0.779. The summed E-state index contributed by atoms with van der Waals surface area (Å²) in [6, 6.07) is 9.22. The second kappa shape index (κ2) is 8.21. The van der Waals surface area contributed by atoms with E-state index in [1.165, 1.54) is 16.6 Å². The molecule has 1 aliphatic heterocycles. The Balaban J connectivity index is 1.90. The van der Waals surface area contributed by atoms with Crippen LogP contribution in [0.3, 0.4) is 0 Å². The zero-order chi connectivity index (χ0) is 17.6. The Kier molecular flexibility index (Phi) is 6.28. The van der Waals surface area contributed by atoms with Gasteiger partial charge in [0, 0.05) is 44.4 Å². The maximum atomic E-state index is 12.3. The summed E-state index contributed by atoms with van der Waals surface area (Å²) in [6.45, 7) is 2.71. The number of hydrogen-bond donors (Lipinski definition) is 0. The molecule has 0 atom stereocenters. The van der Waals surface area contributed by atoms with Gasteiger partial charge >= 0.3 is 0 Å². The van der Waals surface area contributed by atoms with Crippen LogP contribution in [-0.4, -0.2) is 55.5 Å². The van der Waals surface area contributed by atoms with Crippen molar-refractivity contribution >= 4 is 27.8 Å². The number of amides is 1. The molecule has 0 radical (unpaired) electrons. The predicted molar refractivity (Wildman–Crippen MR) is 92.5 cm³/mol. The number of hydrogen-bond acceptors (Lipinski definition) is 4. The molecule has 0 aliphatic carbocycles. The van der Waals surface area contributed by atoms with E-state index in [1.54, 1.807) is 11.0 Å². The summed E-state index contributed by atoms with van der Waals surface area (Å²) < 4.78 is 26.1. The minimum atomic E-state index is -3.50. The van der Waals surface area contributed by atoms with Crippen LogP contribution in [0.15, 0.2) is 35.7 Å². The molecule has 0 unspecified atom stereocenters. The van der Waals surface area contributed by atoms with Crippen LogP contribution in [0, 0.1) is 0 Å². The average Bonchev–Trinajstić information content (AvgIpc) is 2.59. The highest BCUT2D eigenvalue weighted by Gasteiger charge is 2.27. The monoisotopic (exact) mass is 350 g/mol. The van der Waals surface area contributed by atoms with Gasteiger partial charge in [-0.1, -0.05) is 30.3 Å². The van der Waals surface area contributed by atoms with Crippen molar-refractivity contribution in [3.8, 4) is 0 Å². The van der Waals surface area contributed by atoms with Crippen LogP contribution in [0.4, 0.5) is 0 Å². The van der Waals surface area contributed by atoms with Gasteiger partial charge in [-0.15, -0.1) is 0 Å². The van der Waals surface area contributed by atoms with Crippen LogP contribution < -0.4 is 0 Å². The second-order valence-corrected chi connectivity index (χ2v) is 7.56. The van der Waals surface area contributed by atoms with Gasteiger partial charge in [0.1, 0.15) is 5.78 Å². The third-order valence-corrected chi connectivity index (χ3v) is 5.44. The Morgan fingerprint density at radius 2 is 1.67 bits per heavy atom. The molecule has 2 rings (SSSR count). The fourth-order valence-electron chi connectivity index (χ4n) is 2.45. The van der Waals surface area contributed by atoms with Crippen molar-refractivity contribution in [3.63, 3.8) is 0 Å². The smallest absolute Gasteiger partial charge is 0.236 e. The van der Waals surface area contributed by atoms with Crippen molar-refractivity contribution in [1.82, 2.24) is 9.21 Å². The molecule has 1 fully saturated rings. The van der Waals surface area contributed by atoms with Crippen molar-refractivity contribution in [2.24, 2.45) is 0 Å². The van der Waals surface area contributed by atoms with Gasteiger partial charge in [-0.05, 0) is 18.6 Å². The van der Waals surface area contributed by atoms with E-state index in [9.17, 15) is 18.0 Å². The molecule has 1 aliphatic rings. The topological polar surface area (TPSA) is 74.8 Å². The highest BCUT2D eigenvalue weighted by atomic mass is 32.2. The van der Waals surface area contributed by atoms with Crippen LogP contribution in [-0.2, 0) is 19.6 Å². The minimum Gasteiger partial charge on any atom is -0.340 e. The molecule has 130 valence electrons. The summed E-state index contributed by atoms with van der Waals surface area (Å²) in [7, 11) is -3.50. The van der Waals surface area contributed by atoms with E-state index in [2.05, 4.69) is 0 Å². The van der Waals surface area contributed by atoms with Crippen LogP contribution >= 0.6 is 0 Å². The lowest BCUT2D eigenvalue weighted by molar-refractivity contribution is -0.134. The molecule has 7 heteroatoms. The highest BCUT2D eigenvalue weighted by Crippen LogP contribution is 2.12. The number of carbonyl (C=O) groups excluding carboxylic acids is 2. The molecule has 6 nitrogen and oxygen atoms in total. The zero-order valence-corrected chi connectivity index (χ0v) is 14.5. The Labute approximate surface area is 142 Å². The molecular formula is C17H22N2O4S. The lowest BCUT2D eigenvalue weighted by Crippen LogP contribution is -2.50. The highest BCUT2D eigenvalue weighted by molar-refractivity contribution is 7.92. The van der Waals surface area contributed by atoms with Crippen molar-refractivity contribution in [2.45, 2.75) is 19.8 Å². The lowest BCUT2D eigenvalue weighted by atomic mass is 10.2. The first-order chi connectivity index (χ1) is 11.4. The summed E-state index contributed by atoms with van der Waals surface area (Å²) in [5, 5.41) is 1.20. The summed E-state index contributed by atoms with van der Waals surface area (Å²) in [6.07, 6.45) is 1.99. The molecule has 0 bridgehead atoms. The summed E-state index contributed by atoms with van der Waals surface area (Å²) >= 11 is 0. The number of benzene rings is 1. The molecule has 0 N–H and O–H groups in total. The Hall–Kier alpha value is -1.99. The fourth-order valence-corrected chi connectivity index (χ4v) is 3.62. The standard InChI is InChI=1S/C17H22N2O4S/c1-15(20)7-8-17(21)18-10-12-19(13-11-18)24(22,23)14-9-16-5-3-2-4-6-16/h2-6,9,14H,7-8,10-13H2,1H3/b14-9+. The van der Waals surface area contributed by atoms with Gasteiger partial charge in [0.2, 0.25) is 15.9 Å². The van der Waals surface area contributed by atoms with Gasteiger partial charge in [0.25, 0.3) is 0 Å². The first-order valence-electron chi connectivity index (χ1n) is 7.89. The maximum Gasteiger partial charge on any atom is 0.236 e. The first-order valence-corrected chi connectivity index (χ1v) is 9.39. The van der Waals surface area contributed by atoms with Crippen LogP contribution in [0.25, 0.3) is 6.08 Å². The molecule has 0 aromatic heterocycles. The summed E-state index contributed by atoms with van der Waals surface area (Å²) in [5.74, 6) is -0.113. The van der Waals surface area contributed by atoms with Gasteiger partial charge in [-0.2, -0.15) is 4.31 Å². The Morgan fingerprint density at radius 3 is 2.25 bits per heavy atom. The normalized spacial score (nSPS) is 16.5. The molecule has 1 aromatic rings. The van der Waals surface area contributed by atoms with Crippen molar-refractivity contribution < 1.29 is 18.0 Å². The van der Waals surface area contributed by atoms with E-state index in [4.69, 9.17) is 0 Å². The minimum absolute atomic E-state index is 0.0180. The molecule has 0 spiro atoms. The SMILES string of the molecule is CC(=O)CCC(=O)N1CCN(S(=O)(=O)/C=C/c2ccccc2)CC1. The lowest BCUT2D eigenvalue weighted by Gasteiger charge is -2.33. The third-order valence-electron chi connectivity index (χ3n) is 3.87. The molecule has 1 amide bonds. The van der Waals surface area contributed by atoms with Crippen molar-refractivity contribution in [1.29, 1.82) is 0 Å². The molecule has 1 heterocycles. The van der Waals surface area contributed by atoms with Crippen molar-refractivity contribution in [2.75, 3.05) is 26.2 Å². The van der Waals surface area contributed by atoms with E-state index in [-0.39, 0.29) is 37.6 Å². The maximum absolute atomic E-state index is 12.3. The van der Waals surface area contributed by atoms with Crippen LogP contribution in [0.1, 0.15) is 25.3 Å². The van der Waals surface area contributed by atoms with Gasteiger partial charge in [-0.3, -0.25) is 4.79 Å². The molecule has 1 saturated heterocycles. The molecular weight excluding hydrogens is 328 g/mol. The Bertz CT molecular complexity index is 705. The number of ketones is 1. The zero-order valence-electron chi connectivity index (χ0n) is 13.7. The van der Waals surface area contributed by atoms with E-state index in [0.717, 1.165) is 5.56 Å². The van der Waals surface area contributed by atoms with Crippen LogP contribution in [0.5, 0.6) is 0 Å². The average molecular weight is 350 g/mol. The van der Waals surface area contributed by atoms with Crippen molar-refractivity contribution in [3.05, 3.63) is 41.3 Å². The van der Waals surface area contributed by atoms with Gasteiger partial charge < -0.3 is 9.69 Å². The number of piperazine rings is 1. The largest absolute Gasteiger partial charge is 0.340 e. The van der Waals surface area contributed by atoms with E-state index in [0.29, 0.717) is 13.1 Å². The number of nitrogens with zero attached hydrogens (tertiary/aromatic N) is 2. The van der Waals surface area contributed by atoms with Gasteiger partial charge in [-0.25, -0.2) is 8.42 Å². The summed E-state index contributed by atoms with van der Waals surface area (Å²) in [5.41, 5.74) is 0.819. The van der Waals surface area contributed by atoms with E-state index in [1.807, 2.05) is 30.3 Å². The first kappa shape index (κ1) is 18.4. The number of Topliss-reactive ketones (excluding diaryl/α,β-unsaturated/α-hetero) is 1.